The van der Waals surface area contributed by atoms with E-state index in [2.05, 4.69) is 58.0 Å². The first-order valence-corrected chi connectivity index (χ1v) is 8.91. The zero-order valence-electron chi connectivity index (χ0n) is 14.2. The summed E-state index contributed by atoms with van der Waals surface area (Å²) in [6.45, 7) is 10.5. The third kappa shape index (κ3) is 3.74. The zero-order chi connectivity index (χ0) is 16.1. The minimum Gasteiger partial charge on any atom is -0.301 e. The molecule has 2 aliphatic rings. The molecule has 4 nitrogen and oxygen atoms in total. The topological polar surface area (TPSA) is 33.5 Å². The van der Waals surface area contributed by atoms with E-state index in [1.807, 2.05) is 0 Å². The second-order valence-corrected chi connectivity index (χ2v) is 6.86. The molecule has 0 amide bonds. The summed E-state index contributed by atoms with van der Waals surface area (Å²) in [5.41, 5.74) is 1.12. The smallest absolute Gasteiger partial charge is 0.122 e. The molecule has 1 unspecified atom stereocenters. The summed E-state index contributed by atoms with van der Waals surface area (Å²) < 4.78 is 0. The molecule has 1 aromatic rings. The molecular formula is C19H28N4. The first kappa shape index (κ1) is 16.4. The van der Waals surface area contributed by atoms with Crippen molar-refractivity contribution in [2.75, 3.05) is 45.8 Å². The van der Waals surface area contributed by atoms with Crippen molar-refractivity contribution in [3.05, 3.63) is 35.9 Å². The number of nitriles is 1. The summed E-state index contributed by atoms with van der Waals surface area (Å²) in [6, 6.07) is 13.4. The molecule has 0 N–H and O–H groups in total. The lowest BCUT2D eigenvalue weighted by molar-refractivity contribution is 0.0138. The molecule has 0 aliphatic carbocycles. The Kier molecular flexibility index (Phi) is 5.32. The SMILES string of the molecule is CCN1CCCC(C#N)(N2CCN(Cc3ccccc3)CC2)C1. The van der Waals surface area contributed by atoms with Gasteiger partial charge in [0.25, 0.3) is 0 Å². The Bertz CT molecular complexity index is 530. The molecule has 0 radical (unpaired) electrons. The minimum atomic E-state index is -0.257. The predicted molar refractivity (Wildman–Crippen MR) is 93.0 cm³/mol. The van der Waals surface area contributed by atoms with E-state index in [1.54, 1.807) is 0 Å². The van der Waals surface area contributed by atoms with Crippen LogP contribution in [0.5, 0.6) is 0 Å². The highest BCUT2D eigenvalue weighted by Gasteiger charge is 2.41. The molecule has 4 heteroatoms. The van der Waals surface area contributed by atoms with Crippen molar-refractivity contribution in [3.8, 4) is 6.07 Å². The molecule has 1 aromatic carbocycles. The fraction of sp³-hybridized carbons (Fsp3) is 0.632. The van der Waals surface area contributed by atoms with Gasteiger partial charge in [-0.2, -0.15) is 5.26 Å². The fourth-order valence-electron chi connectivity index (χ4n) is 3.99. The molecular weight excluding hydrogens is 284 g/mol. The Hall–Kier alpha value is -1.41. The van der Waals surface area contributed by atoms with Crippen LogP contribution in [0, 0.1) is 11.3 Å². The normalized spacial score (nSPS) is 27.7. The molecule has 3 rings (SSSR count). The minimum absolute atomic E-state index is 0.257. The highest BCUT2D eigenvalue weighted by molar-refractivity contribution is 5.15. The Morgan fingerprint density at radius 1 is 1.04 bits per heavy atom. The molecule has 2 aliphatic heterocycles. The number of rotatable bonds is 4. The van der Waals surface area contributed by atoms with E-state index < -0.39 is 0 Å². The van der Waals surface area contributed by atoms with Crippen molar-refractivity contribution >= 4 is 0 Å². The van der Waals surface area contributed by atoms with Crippen LogP contribution in [0.4, 0.5) is 0 Å². The van der Waals surface area contributed by atoms with Gasteiger partial charge in [0, 0.05) is 39.3 Å². The second-order valence-electron chi connectivity index (χ2n) is 6.86. The van der Waals surface area contributed by atoms with Crippen molar-refractivity contribution < 1.29 is 0 Å². The number of benzene rings is 1. The van der Waals surface area contributed by atoms with Crippen molar-refractivity contribution in [2.24, 2.45) is 0 Å². The molecule has 124 valence electrons. The molecule has 0 bridgehead atoms. The van der Waals surface area contributed by atoms with Gasteiger partial charge in [-0.05, 0) is 31.5 Å². The van der Waals surface area contributed by atoms with Crippen LogP contribution in [0.1, 0.15) is 25.3 Å². The van der Waals surface area contributed by atoms with Gasteiger partial charge in [-0.25, -0.2) is 0 Å². The van der Waals surface area contributed by atoms with Crippen LogP contribution >= 0.6 is 0 Å². The first-order valence-electron chi connectivity index (χ1n) is 8.91. The van der Waals surface area contributed by atoms with Gasteiger partial charge in [0.2, 0.25) is 0 Å². The van der Waals surface area contributed by atoms with Crippen molar-refractivity contribution in [1.82, 2.24) is 14.7 Å². The van der Waals surface area contributed by atoms with Gasteiger partial charge in [-0.15, -0.1) is 0 Å². The van der Waals surface area contributed by atoms with Gasteiger partial charge in [-0.1, -0.05) is 37.3 Å². The van der Waals surface area contributed by atoms with E-state index in [0.29, 0.717) is 0 Å². The van der Waals surface area contributed by atoms with Crippen LogP contribution in [-0.4, -0.2) is 66.1 Å². The molecule has 23 heavy (non-hydrogen) atoms. The van der Waals surface area contributed by atoms with E-state index >= 15 is 0 Å². The number of likely N-dealkylation sites (N-methyl/N-ethyl adjacent to an activating group) is 1. The summed E-state index contributed by atoms with van der Waals surface area (Å²) in [7, 11) is 0. The van der Waals surface area contributed by atoms with E-state index in [0.717, 1.165) is 65.2 Å². The predicted octanol–water partition coefficient (Wildman–Crippen LogP) is 2.18. The number of hydrogen-bond donors (Lipinski definition) is 0. The summed E-state index contributed by atoms with van der Waals surface area (Å²) in [4.78, 5) is 7.40. The Balaban J connectivity index is 1.58. The standard InChI is InChI=1S/C19H28N4/c1-2-21-10-6-9-19(16-20,17-21)23-13-11-22(12-14-23)15-18-7-4-3-5-8-18/h3-5,7-8H,2,6,9-15,17H2,1H3. The maximum Gasteiger partial charge on any atom is 0.122 e. The largest absolute Gasteiger partial charge is 0.301 e. The number of piperidine rings is 1. The highest BCUT2D eigenvalue weighted by atomic mass is 15.3. The third-order valence-corrected chi connectivity index (χ3v) is 5.43. The highest BCUT2D eigenvalue weighted by Crippen LogP contribution is 2.28. The van der Waals surface area contributed by atoms with Crippen LogP contribution in [0.3, 0.4) is 0 Å². The van der Waals surface area contributed by atoms with Crippen molar-refractivity contribution in [1.29, 1.82) is 5.26 Å². The molecule has 0 spiro atoms. The summed E-state index contributed by atoms with van der Waals surface area (Å²) >= 11 is 0. The first-order chi connectivity index (χ1) is 11.3. The van der Waals surface area contributed by atoms with Gasteiger partial charge in [0.15, 0.2) is 0 Å². The number of piperazine rings is 1. The van der Waals surface area contributed by atoms with Gasteiger partial charge in [-0.3, -0.25) is 9.80 Å². The average molecular weight is 312 g/mol. The molecule has 2 saturated heterocycles. The fourth-order valence-corrected chi connectivity index (χ4v) is 3.99. The van der Waals surface area contributed by atoms with E-state index in [1.165, 1.54) is 5.56 Å². The number of nitrogens with zero attached hydrogens (tertiary/aromatic N) is 4. The van der Waals surface area contributed by atoms with Crippen molar-refractivity contribution in [2.45, 2.75) is 31.8 Å². The molecule has 2 fully saturated rings. The van der Waals surface area contributed by atoms with Gasteiger partial charge in [0.05, 0.1) is 6.07 Å². The lowest BCUT2D eigenvalue weighted by Gasteiger charge is -2.48. The molecule has 0 saturated carbocycles. The van der Waals surface area contributed by atoms with Crippen LogP contribution in [0.25, 0.3) is 0 Å². The Labute approximate surface area is 140 Å². The summed E-state index contributed by atoms with van der Waals surface area (Å²) in [5.74, 6) is 0. The zero-order valence-corrected chi connectivity index (χ0v) is 14.2. The van der Waals surface area contributed by atoms with E-state index in [-0.39, 0.29) is 5.54 Å². The molecule has 2 heterocycles. The second kappa shape index (κ2) is 7.44. The lowest BCUT2D eigenvalue weighted by atomic mass is 9.88. The quantitative estimate of drug-likeness (QED) is 0.853. The third-order valence-electron chi connectivity index (χ3n) is 5.43. The molecule has 0 aromatic heterocycles. The van der Waals surface area contributed by atoms with Crippen LogP contribution in [0.15, 0.2) is 30.3 Å². The number of likely N-dealkylation sites (tertiary alicyclic amines) is 1. The van der Waals surface area contributed by atoms with Crippen LogP contribution in [-0.2, 0) is 6.54 Å². The average Bonchev–Trinajstić information content (AvgIpc) is 2.63. The Morgan fingerprint density at radius 2 is 1.78 bits per heavy atom. The number of hydrogen-bond acceptors (Lipinski definition) is 4. The summed E-state index contributed by atoms with van der Waals surface area (Å²) in [5, 5.41) is 9.88. The molecule has 1 atom stereocenters. The van der Waals surface area contributed by atoms with E-state index in [9.17, 15) is 5.26 Å². The lowest BCUT2D eigenvalue weighted by Crippen LogP contribution is -2.62. The monoisotopic (exact) mass is 312 g/mol. The van der Waals surface area contributed by atoms with Gasteiger partial charge < -0.3 is 4.90 Å². The van der Waals surface area contributed by atoms with Crippen LogP contribution < -0.4 is 0 Å². The maximum absolute atomic E-state index is 9.88. The van der Waals surface area contributed by atoms with Gasteiger partial charge >= 0.3 is 0 Å². The van der Waals surface area contributed by atoms with Gasteiger partial charge in [0.1, 0.15) is 5.54 Å². The summed E-state index contributed by atoms with van der Waals surface area (Å²) in [6.07, 6.45) is 2.17. The maximum atomic E-state index is 9.88. The van der Waals surface area contributed by atoms with Crippen molar-refractivity contribution in [3.63, 3.8) is 0 Å². The van der Waals surface area contributed by atoms with E-state index in [4.69, 9.17) is 0 Å². The van der Waals surface area contributed by atoms with Crippen LogP contribution in [0.2, 0.25) is 0 Å². The Morgan fingerprint density at radius 3 is 2.43 bits per heavy atom.